The number of nitrogens with two attached hydrogens (primary N) is 1. The maximum absolute atomic E-state index is 13.0. The van der Waals surface area contributed by atoms with Crippen LogP contribution in [-0.2, 0) is 4.79 Å². The van der Waals surface area contributed by atoms with Gasteiger partial charge in [0.1, 0.15) is 5.75 Å². The first-order valence-corrected chi connectivity index (χ1v) is 9.74. The number of carbonyl (C=O) groups is 2. The van der Waals surface area contributed by atoms with Gasteiger partial charge in [-0.25, -0.2) is 0 Å². The number of ether oxygens (including phenoxy) is 1. The van der Waals surface area contributed by atoms with Crippen LogP contribution in [0.1, 0.15) is 36.5 Å². The van der Waals surface area contributed by atoms with Crippen LogP contribution in [0.4, 0.5) is 8.78 Å². The second-order valence-electron chi connectivity index (χ2n) is 7.64. The molecule has 1 aromatic rings. The van der Waals surface area contributed by atoms with Gasteiger partial charge in [0, 0.05) is 25.7 Å². The summed E-state index contributed by atoms with van der Waals surface area (Å²) in [4.78, 5) is 29.4. The largest absolute Gasteiger partial charge is 0.434 e. The Labute approximate surface area is 163 Å². The van der Waals surface area contributed by atoms with E-state index in [0.29, 0.717) is 38.4 Å². The van der Waals surface area contributed by atoms with E-state index in [9.17, 15) is 18.4 Å². The molecule has 28 heavy (non-hydrogen) atoms. The normalized spacial score (nSPS) is 25.2. The molecule has 1 aromatic carbocycles. The van der Waals surface area contributed by atoms with Gasteiger partial charge in [0.05, 0.1) is 11.5 Å². The van der Waals surface area contributed by atoms with Crippen molar-refractivity contribution < 1.29 is 23.1 Å². The van der Waals surface area contributed by atoms with E-state index in [2.05, 4.69) is 4.74 Å². The number of amides is 2. The number of carbonyl (C=O) groups excluding carboxylic acids is 2. The number of rotatable bonds is 5. The van der Waals surface area contributed by atoms with Crippen molar-refractivity contribution >= 4 is 11.8 Å². The van der Waals surface area contributed by atoms with Gasteiger partial charge in [0.2, 0.25) is 5.91 Å². The molecule has 2 aliphatic heterocycles. The molecular weight excluding hydrogens is 368 g/mol. The summed E-state index contributed by atoms with van der Waals surface area (Å²) >= 11 is 0. The van der Waals surface area contributed by atoms with Crippen LogP contribution in [0.2, 0.25) is 0 Å². The third-order valence-corrected chi connectivity index (χ3v) is 5.67. The summed E-state index contributed by atoms with van der Waals surface area (Å²) in [5, 5.41) is 0. The lowest BCUT2D eigenvalue weighted by Crippen LogP contribution is -2.47. The van der Waals surface area contributed by atoms with Crippen LogP contribution >= 0.6 is 0 Å². The molecule has 0 spiro atoms. The van der Waals surface area contributed by atoms with Gasteiger partial charge in [-0.1, -0.05) is 12.1 Å². The first kappa shape index (κ1) is 20.5. The number of nitrogens with zero attached hydrogens (tertiary/aromatic N) is 2. The van der Waals surface area contributed by atoms with Crippen molar-refractivity contribution in [2.75, 3.05) is 26.2 Å². The second kappa shape index (κ2) is 8.86. The van der Waals surface area contributed by atoms with Gasteiger partial charge in [-0.3, -0.25) is 9.59 Å². The van der Waals surface area contributed by atoms with E-state index in [0.717, 1.165) is 6.42 Å². The molecule has 2 heterocycles. The van der Waals surface area contributed by atoms with Crippen molar-refractivity contribution in [1.82, 2.24) is 9.80 Å². The van der Waals surface area contributed by atoms with Crippen LogP contribution in [0.3, 0.4) is 0 Å². The third kappa shape index (κ3) is 4.43. The standard InChI is InChI=1S/C20H27F2N3O3/c1-13-9-14(10-23)11-25(13)18(26)15-5-4-8-24(12-15)19(27)16-6-2-3-7-17(16)28-20(21)22/h2-3,6-7,13-15,20H,4-5,8-12,23H2,1H3. The molecule has 2 fully saturated rings. The number of para-hydroxylation sites is 1. The predicted molar refractivity (Wildman–Crippen MR) is 100 cm³/mol. The Morgan fingerprint density at radius 3 is 2.71 bits per heavy atom. The van der Waals surface area contributed by atoms with Crippen LogP contribution < -0.4 is 10.5 Å². The molecule has 0 aliphatic carbocycles. The number of halogens is 2. The van der Waals surface area contributed by atoms with Gasteiger partial charge in [-0.05, 0) is 50.8 Å². The zero-order valence-corrected chi connectivity index (χ0v) is 16.0. The van der Waals surface area contributed by atoms with Crippen LogP contribution in [0, 0.1) is 11.8 Å². The lowest BCUT2D eigenvalue weighted by Gasteiger charge is -2.35. The molecule has 0 bridgehead atoms. The molecule has 3 atom stereocenters. The molecule has 2 amide bonds. The Morgan fingerprint density at radius 2 is 2.04 bits per heavy atom. The SMILES string of the molecule is CC1CC(CN)CN1C(=O)C1CCCN(C(=O)c2ccccc2OC(F)F)C1. The first-order chi connectivity index (χ1) is 13.4. The fourth-order valence-electron chi connectivity index (χ4n) is 4.23. The molecule has 0 aromatic heterocycles. The fourth-order valence-corrected chi connectivity index (χ4v) is 4.23. The molecule has 6 nitrogen and oxygen atoms in total. The summed E-state index contributed by atoms with van der Waals surface area (Å²) in [6, 6.07) is 6.12. The quantitative estimate of drug-likeness (QED) is 0.830. The minimum Gasteiger partial charge on any atom is -0.434 e. The maximum atomic E-state index is 13.0. The highest BCUT2D eigenvalue weighted by atomic mass is 19.3. The lowest BCUT2D eigenvalue weighted by molar-refractivity contribution is -0.137. The van der Waals surface area contributed by atoms with E-state index >= 15 is 0 Å². The van der Waals surface area contributed by atoms with Crippen LogP contribution in [-0.4, -0.2) is 60.4 Å². The van der Waals surface area contributed by atoms with Crippen molar-refractivity contribution in [2.24, 2.45) is 17.6 Å². The number of alkyl halides is 2. The van der Waals surface area contributed by atoms with E-state index in [4.69, 9.17) is 5.73 Å². The molecular formula is C20H27F2N3O3. The highest BCUT2D eigenvalue weighted by Gasteiger charge is 2.37. The highest BCUT2D eigenvalue weighted by molar-refractivity contribution is 5.97. The van der Waals surface area contributed by atoms with Crippen molar-refractivity contribution in [1.29, 1.82) is 0 Å². The first-order valence-electron chi connectivity index (χ1n) is 9.74. The number of hydrogen-bond acceptors (Lipinski definition) is 4. The van der Waals surface area contributed by atoms with Gasteiger partial charge in [0.15, 0.2) is 0 Å². The summed E-state index contributed by atoms with van der Waals surface area (Å²) in [5.41, 5.74) is 5.85. The smallest absolute Gasteiger partial charge is 0.387 e. The summed E-state index contributed by atoms with van der Waals surface area (Å²) in [5.74, 6) is -0.436. The van der Waals surface area contributed by atoms with E-state index in [1.807, 2.05) is 11.8 Å². The summed E-state index contributed by atoms with van der Waals surface area (Å²) < 4.78 is 29.8. The Balaban J connectivity index is 1.70. The second-order valence-corrected chi connectivity index (χ2v) is 7.64. The molecule has 2 saturated heterocycles. The Bertz CT molecular complexity index is 716. The number of piperidine rings is 1. The molecule has 3 unspecified atom stereocenters. The van der Waals surface area contributed by atoms with Crippen molar-refractivity contribution in [3.8, 4) is 5.75 Å². The van der Waals surface area contributed by atoms with E-state index in [1.165, 1.54) is 12.1 Å². The molecule has 0 radical (unpaired) electrons. The topological polar surface area (TPSA) is 75.9 Å². The fraction of sp³-hybridized carbons (Fsp3) is 0.600. The highest BCUT2D eigenvalue weighted by Crippen LogP contribution is 2.29. The lowest BCUT2D eigenvalue weighted by atomic mass is 9.95. The molecule has 2 N–H and O–H groups in total. The van der Waals surface area contributed by atoms with Crippen LogP contribution in [0.25, 0.3) is 0 Å². The molecule has 8 heteroatoms. The average Bonchev–Trinajstić information content (AvgIpc) is 3.08. The summed E-state index contributed by atoms with van der Waals surface area (Å²) in [6.07, 6.45) is 2.31. The van der Waals surface area contributed by atoms with Crippen LogP contribution in [0.5, 0.6) is 5.75 Å². The van der Waals surface area contributed by atoms with E-state index in [1.54, 1.807) is 17.0 Å². The predicted octanol–water partition coefficient (Wildman–Crippen LogP) is 2.34. The summed E-state index contributed by atoms with van der Waals surface area (Å²) in [6.45, 7) is 1.02. The van der Waals surface area contributed by atoms with Gasteiger partial charge < -0.3 is 20.3 Å². The Morgan fingerprint density at radius 1 is 1.29 bits per heavy atom. The van der Waals surface area contributed by atoms with E-state index < -0.39 is 6.61 Å². The number of benzene rings is 1. The van der Waals surface area contributed by atoms with Crippen LogP contribution in [0.15, 0.2) is 24.3 Å². The monoisotopic (exact) mass is 395 g/mol. The molecule has 3 rings (SSSR count). The average molecular weight is 395 g/mol. The van der Waals surface area contributed by atoms with Gasteiger partial charge in [-0.2, -0.15) is 8.78 Å². The van der Waals surface area contributed by atoms with Gasteiger partial charge in [0.25, 0.3) is 5.91 Å². The number of likely N-dealkylation sites (tertiary alicyclic amines) is 2. The zero-order valence-electron chi connectivity index (χ0n) is 16.0. The zero-order chi connectivity index (χ0) is 20.3. The Hall–Kier alpha value is -2.22. The minimum atomic E-state index is -3.00. The van der Waals surface area contributed by atoms with Gasteiger partial charge in [-0.15, -0.1) is 0 Å². The van der Waals surface area contributed by atoms with E-state index in [-0.39, 0.29) is 41.6 Å². The van der Waals surface area contributed by atoms with Crippen molar-refractivity contribution in [3.05, 3.63) is 29.8 Å². The third-order valence-electron chi connectivity index (χ3n) is 5.67. The molecule has 0 saturated carbocycles. The van der Waals surface area contributed by atoms with Crippen molar-refractivity contribution in [3.63, 3.8) is 0 Å². The summed E-state index contributed by atoms with van der Waals surface area (Å²) in [7, 11) is 0. The Kier molecular flexibility index (Phi) is 6.49. The number of hydrogen-bond donors (Lipinski definition) is 1. The minimum absolute atomic E-state index is 0.0538. The molecule has 2 aliphatic rings. The van der Waals surface area contributed by atoms with Gasteiger partial charge >= 0.3 is 6.61 Å². The maximum Gasteiger partial charge on any atom is 0.387 e. The van der Waals surface area contributed by atoms with Crippen molar-refractivity contribution in [2.45, 2.75) is 38.8 Å². The molecule has 154 valence electrons.